The lowest BCUT2D eigenvalue weighted by molar-refractivity contribution is -0.0399. The Morgan fingerprint density at radius 2 is 0.752 bits per heavy atom. The lowest BCUT2D eigenvalue weighted by Gasteiger charge is -2.61. The fourth-order valence-corrected chi connectivity index (χ4v) is 26.0. The minimum absolute atomic E-state index is 0.169. The number of nitrogens with zero attached hydrogens (tertiary/aromatic N) is 6. The van der Waals surface area contributed by atoms with Crippen LogP contribution in [-0.4, -0.2) is 29.1 Å². The van der Waals surface area contributed by atoms with Gasteiger partial charge in [-0.3, -0.25) is 14.5 Å². The van der Waals surface area contributed by atoms with Crippen LogP contribution in [0.3, 0.4) is 0 Å². The Bertz CT molecular complexity index is 6850. The number of rotatable bonds is 6. The molecule has 8 fully saturated rings. The van der Waals surface area contributed by atoms with Crippen LogP contribution in [-0.2, 0) is 10.8 Å². The van der Waals surface area contributed by atoms with E-state index in [2.05, 4.69) is 276 Å². The predicted molar refractivity (Wildman–Crippen MR) is 449 cm³/mol. The summed E-state index contributed by atoms with van der Waals surface area (Å²) in [5.41, 5.74) is 29.9. The summed E-state index contributed by atoms with van der Waals surface area (Å²) in [7, 11) is 0. The van der Waals surface area contributed by atoms with E-state index in [1.54, 1.807) is 33.6 Å². The number of para-hydroxylation sites is 2. The lowest BCUT2D eigenvalue weighted by Crippen LogP contribution is -2.55. The molecule has 6 aromatic heterocycles. The van der Waals surface area contributed by atoms with Gasteiger partial charge in [-0.25, -0.2) is 9.97 Å². The number of thiophene rings is 1. The molecule has 8 saturated carbocycles. The number of fused-ring (bicyclic) bond motifs is 18. The van der Waals surface area contributed by atoms with Crippen molar-refractivity contribution in [1.82, 2.24) is 29.1 Å². The Hall–Kier alpha value is -11.6. The van der Waals surface area contributed by atoms with Crippen LogP contribution in [0.1, 0.15) is 86.5 Å². The molecule has 8 bridgehead atoms. The normalized spacial score (nSPS) is 23.5. The highest BCUT2D eigenvalue weighted by Gasteiger charge is 2.63. The first-order valence-corrected chi connectivity index (χ1v) is 40.8. The van der Waals surface area contributed by atoms with Crippen molar-refractivity contribution in [3.63, 3.8) is 0 Å². The third-order valence-corrected chi connectivity index (χ3v) is 29.6. The monoisotopic (exact) mass is 1420 g/mol. The molecule has 0 N–H and O–H groups in total. The summed E-state index contributed by atoms with van der Waals surface area (Å²) in [4.78, 5) is 21.6. The molecule has 2 spiro atoms. The van der Waals surface area contributed by atoms with E-state index in [0.29, 0.717) is 5.95 Å². The molecule has 0 radical (unpaired) electrons. The van der Waals surface area contributed by atoms with Gasteiger partial charge in [-0.15, -0.1) is 11.3 Å². The first kappa shape index (κ1) is 61.4. The summed E-state index contributed by atoms with van der Waals surface area (Å²) in [6.45, 7) is 0. The van der Waals surface area contributed by atoms with Gasteiger partial charge in [0.25, 0.3) is 0 Å². The van der Waals surface area contributed by atoms with Gasteiger partial charge in [-0.05, 0) is 256 Å². The molecule has 0 unspecified atom stereocenters. The molecule has 0 amide bonds. The van der Waals surface area contributed by atoms with Crippen molar-refractivity contribution in [2.75, 3.05) is 0 Å². The summed E-state index contributed by atoms with van der Waals surface area (Å²) in [6, 6.07) is 104. The van der Waals surface area contributed by atoms with Gasteiger partial charge in [0.1, 0.15) is 4.83 Å². The maximum atomic E-state index is 5.56. The van der Waals surface area contributed by atoms with E-state index in [1.165, 1.54) is 163 Å². The first-order valence-electron chi connectivity index (χ1n) is 40.0. The molecular weight excluding hydrogens is 1340 g/mol. The summed E-state index contributed by atoms with van der Waals surface area (Å²) in [5, 5.41) is 9.56. The maximum Gasteiger partial charge on any atom is 0.236 e. The second-order valence-electron chi connectivity index (χ2n) is 33.5. The summed E-state index contributed by atoms with van der Waals surface area (Å²) < 4.78 is 5.99. The number of benzene rings is 12. The number of pyridine rings is 2. The zero-order chi connectivity index (χ0) is 71.0. The molecule has 109 heavy (non-hydrogen) atoms. The molecule has 520 valence electrons. The van der Waals surface area contributed by atoms with Crippen molar-refractivity contribution in [3.05, 3.63) is 314 Å². The van der Waals surface area contributed by atoms with Crippen LogP contribution in [0.5, 0.6) is 0 Å². The summed E-state index contributed by atoms with van der Waals surface area (Å²) in [6.07, 6.45) is 18.0. The average Bonchev–Trinajstić information content (AvgIpc) is 1.54. The summed E-state index contributed by atoms with van der Waals surface area (Å²) >= 11 is 1.75. The Morgan fingerprint density at radius 1 is 0.303 bits per heavy atom. The van der Waals surface area contributed by atoms with E-state index in [9.17, 15) is 0 Å². The average molecular weight is 1420 g/mol. The molecule has 18 aromatic rings. The smallest absolute Gasteiger partial charge is 0.236 e. The van der Waals surface area contributed by atoms with E-state index in [1.807, 2.05) is 24.5 Å². The minimum atomic E-state index is 0.169. The zero-order valence-corrected chi connectivity index (χ0v) is 61.3. The van der Waals surface area contributed by atoms with E-state index < -0.39 is 0 Å². The second kappa shape index (κ2) is 23.0. The van der Waals surface area contributed by atoms with Crippen LogP contribution >= 0.6 is 11.3 Å². The third-order valence-electron chi connectivity index (χ3n) is 28.5. The molecule has 12 aromatic carbocycles. The van der Waals surface area contributed by atoms with Gasteiger partial charge < -0.3 is 4.57 Å². The van der Waals surface area contributed by atoms with Crippen LogP contribution in [0.25, 0.3) is 164 Å². The fourth-order valence-electron chi connectivity index (χ4n) is 25.0. The molecule has 0 saturated heterocycles. The van der Waals surface area contributed by atoms with Crippen molar-refractivity contribution in [2.45, 2.75) is 75.0 Å². The Balaban J connectivity index is 0.000000127. The van der Waals surface area contributed by atoms with Crippen LogP contribution in [0.2, 0.25) is 0 Å². The van der Waals surface area contributed by atoms with Gasteiger partial charge in [0.05, 0.1) is 44.5 Å². The van der Waals surface area contributed by atoms with Crippen LogP contribution in [0, 0.1) is 47.3 Å². The van der Waals surface area contributed by atoms with Crippen LogP contribution in [0.15, 0.2) is 291 Å². The quantitative estimate of drug-likeness (QED) is 0.156. The van der Waals surface area contributed by atoms with Crippen molar-refractivity contribution in [3.8, 4) is 78.5 Å². The molecule has 6 nitrogen and oxygen atoms in total. The van der Waals surface area contributed by atoms with Crippen molar-refractivity contribution < 1.29 is 0 Å². The third kappa shape index (κ3) is 8.52. The van der Waals surface area contributed by atoms with Crippen molar-refractivity contribution in [1.29, 1.82) is 0 Å². The number of aromatic nitrogens is 6. The van der Waals surface area contributed by atoms with Gasteiger partial charge in [-0.2, -0.15) is 0 Å². The molecule has 28 rings (SSSR count). The highest BCUT2D eigenvalue weighted by atomic mass is 32.1. The molecular formula is C102H76N6S. The van der Waals surface area contributed by atoms with Crippen molar-refractivity contribution >= 4 is 97.1 Å². The molecule has 10 aliphatic rings. The molecule has 7 heteroatoms. The number of hydrogen-bond acceptors (Lipinski definition) is 5. The van der Waals surface area contributed by atoms with Gasteiger partial charge in [0.15, 0.2) is 0 Å². The van der Waals surface area contributed by atoms with E-state index in [0.717, 1.165) is 107 Å². The molecule has 0 atom stereocenters. The highest BCUT2D eigenvalue weighted by Crippen LogP contribution is 2.71. The zero-order valence-electron chi connectivity index (χ0n) is 60.5. The van der Waals surface area contributed by atoms with Gasteiger partial charge >= 0.3 is 0 Å². The van der Waals surface area contributed by atoms with E-state index >= 15 is 0 Å². The van der Waals surface area contributed by atoms with E-state index in [-0.39, 0.29) is 10.8 Å². The Labute approximate surface area is 636 Å². The van der Waals surface area contributed by atoms with Gasteiger partial charge in [-0.1, -0.05) is 212 Å². The largest absolute Gasteiger partial charge is 0.309 e. The summed E-state index contributed by atoms with van der Waals surface area (Å²) in [5.74, 6) is 7.54. The SMILES string of the molecule is c1ccc(-c2ccc(-c3nc(-n4c5ccccc5c5c(-c6ccc7c(c6)-c6ccccc6C76C7CC8CC(C7)CC6C8)cccc54)nc4sc5ccccc5c34)cc2)cc1.c1ccc2c(c1)-c1cc(-c3cccc4c3c3ccccc3n4-c3cc4cccnc4c4ncccc34)ccc1C21C2CC3CC(C2)CC1C3. The molecule has 10 aliphatic carbocycles. The van der Waals surface area contributed by atoms with Gasteiger partial charge in [0.2, 0.25) is 5.95 Å². The second-order valence-corrected chi connectivity index (χ2v) is 34.6. The van der Waals surface area contributed by atoms with E-state index in [4.69, 9.17) is 19.9 Å². The predicted octanol–water partition coefficient (Wildman–Crippen LogP) is 25.9. The maximum absolute atomic E-state index is 5.56. The van der Waals surface area contributed by atoms with Crippen LogP contribution in [0.4, 0.5) is 0 Å². The van der Waals surface area contributed by atoms with Gasteiger partial charge in [0, 0.05) is 76.6 Å². The Morgan fingerprint density at radius 3 is 1.36 bits per heavy atom. The number of hydrogen-bond donors (Lipinski definition) is 0. The lowest BCUT2D eigenvalue weighted by atomic mass is 9.43. The van der Waals surface area contributed by atoms with Crippen molar-refractivity contribution in [2.24, 2.45) is 47.3 Å². The van der Waals surface area contributed by atoms with Crippen LogP contribution < -0.4 is 0 Å². The highest BCUT2D eigenvalue weighted by molar-refractivity contribution is 7.25. The minimum Gasteiger partial charge on any atom is -0.309 e. The molecule has 0 aliphatic heterocycles. The standard InChI is InChI=1S/C56H41N3S.C46H35N3/c1-2-11-35(12-3-1)36-21-23-37(24-22-36)53-52-44-15-6-9-20-50(44)60-54(52)58-55(57-53)59-48-18-8-5-14-43(48)51-41(16-10-19-49(51)59)38-25-26-47-45(32-38)42-13-4-7-17-46(42)56(47)39-28-33-27-34(30-39)31-40(56)29-33;1-3-13-38-34(9-1)37-25-29(16-17-39(37)46(38)31-21-27-20-28(23-31)24-32(46)22-27)33-11-5-15-41-43(33)35-10-2-4-14-40(35)49(41)42-26-30-8-6-18-47-44(30)45-36(42)12-7-19-48-45/h1-26,32-34,39-40H,27-31H2;1-19,25-28,31-32H,20-24H2. The first-order chi connectivity index (χ1) is 54.0. The topological polar surface area (TPSA) is 61.4 Å². The Kier molecular flexibility index (Phi) is 12.9. The molecule has 6 heterocycles. The fraction of sp³-hybridized carbons (Fsp3) is 0.196.